The number of carboxylic acid groups (broad SMARTS) is 2. The average Bonchev–Trinajstić information content (AvgIpc) is 2.55. The molecule has 3 atom stereocenters. The first-order chi connectivity index (χ1) is 11.9. The summed E-state index contributed by atoms with van der Waals surface area (Å²) in [7, 11) is 0. The van der Waals surface area contributed by atoms with Crippen LogP contribution >= 0.6 is 0 Å². The SMILES string of the molecule is NCCCCC(NC1CCN2CCCC(OC(=O)O)N2C1=O)C(=O)O. The van der Waals surface area contributed by atoms with Crippen molar-refractivity contribution >= 4 is 18.0 Å². The molecule has 0 saturated carbocycles. The first-order valence-corrected chi connectivity index (χ1v) is 8.60. The molecule has 1 amide bonds. The number of hydrogen-bond donors (Lipinski definition) is 4. The number of rotatable bonds is 8. The Bertz CT molecular complexity index is 502. The number of nitrogens with zero attached hydrogens (tertiary/aromatic N) is 2. The Kier molecular flexibility index (Phi) is 6.97. The van der Waals surface area contributed by atoms with Gasteiger partial charge in [0.15, 0.2) is 6.23 Å². The molecule has 2 fully saturated rings. The van der Waals surface area contributed by atoms with E-state index in [0.717, 1.165) is 12.8 Å². The minimum absolute atomic E-state index is 0.345. The van der Waals surface area contributed by atoms with Crippen LogP contribution in [0.3, 0.4) is 0 Å². The van der Waals surface area contributed by atoms with E-state index in [4.69, 9.17) is 15.6 Å². The van der Waals surface area contributed by atoms with Crippen LogP contribution in [0.1, 0.15) is 38.5 Å². The Morgan fingerprint density at radius 1 is 1.28 bits per heavy atom. The quantitative estimate of drug-likeness (QED) is 0.342. The Morgan fingerprint density at radius 2 is 2.04 bits per heavy atom. The summed E-state index contributed by atoms with van der Waals surface area (Å²) in [6, 6.07) is -1.51. The summed E-state index contributed by atoms with van der Waals surface area (Å²) in [6.07, 6.45) is 1.10. The largest absolute Gasteiger partial charge is 0.507 e. The van der Waals surface area contributed by atoms with E-state index in [1.165, 1.54) is 5.01 Å². The van der Waals surface area contributed by atoms with Crippen molar-refractivity contribution in [3.05, 3.63) is 0 Å². The van der Waals surface area contributed by atoms with Gasteiger partial charge in [-0.3, -0.25) is 14.9 Å². The third kappa shape index (κ3) is 5.03. The van der Waals surface area contributed by atoms with Gasteiger partial charge in [0, 0.05) is 19.5 Å². The average molecular weight is 358 g/mol. The molecule has 0 spiro atoms. The summed E-state index contributed by atoms with van der Waals surface area (Å²) in [5.74, 6) is -1.36. The lowest BCUT2D eigenvalue weighted by Crippen LogP contribution is -2.66. The van der Waals surface area contributed by atoms with Gasteiger partial charge >= 0.3 is 12.1 Å². The van der Waals surface area contributed by atoms with Crippen LogP contribution in [-0.4, -0.2) is 76.2 Å². The lowest BCUT2D eigenvalue weighted by atomic mass is 10.0. The molecule has 25 heavy (non-hydrogen) atoms. The van der Waals surface area contributed by atoms with Crippen LogP contribution in [0.15, 0.2) is 0 Å². The van der Waals surface area contributed by atoms with Crippen molar-refractivity contribution in [1.82, 2.24) is 15.3 Å². The molecular weight excluding hydrogens is 332 g/mol. The van der Waals surface area contributed by atoms with Crippen molar-refractivity contribution in [1.29, 1.82) is 0 Å². The number of nitrogens with two attached hydrogens (primary N) is 1. The fraction of sp³-hybridized carbons (Fsp3) is 0.800. The normalized spacial score (nSPS) is 25.3. The van der Waals surface area contributed by atoms with Gasteiger partial charge < -0.3 is 20.7 Å². The summed E-state index contributed by atoms with van der Waals surface area (Å²) < 4.78 is 4.83. The van der Waals surface area contributed by atoms with Gasteiger partial charge in [-0.1, -0.05) is 6.42 Å². The summed E-state index contributed by atoms with van der Waals surface area (Å²) in [6.45, 7) is 1.68. The van der Waals surface area contributed by atoms with Gasteiger partial charge in [-0.05, 0) is 32.2 Å². The number of fused-ring (bicyclic) bond motifs is 1. The molecule has 10 heteroatoms. The van der Waals surface area contributed by atoms with Gasteiger partial charge in [0.05, 0.1) is 6.04 Å². The third-order valence-corrected chi connectivity index (χ3v) is 4.53. The van der Waals surface area contributed by atoms with E-state index in [9.17, 15) is 19.5 Å². The number of aliphatic carboxylic acids is 1. The summed E-state index contributed by atoms with van der Waals surface area (Å²) in [5, 5.41) is 24.2. The number of ether oxygens (including phenoxy) is 1. The van der Waals surface area contributed by atoms with Gasteiger partial charge in [0.2, 0.25) is 0 Å². The molecule has 3 unspecified atom stereocenters. The van der Waals surface area contributed by atoms with Crippen LogP contribution in [0.5, 0.6) is 0 Å². The number of carboxylic acids is 1. The number of hydrogen-bond acceptors (Lipinski definition) is 7. The second kappa shape index (κ2) is 8.97. The molecular formula is C15H26N4O6. The van der Waals surface area contributed by atoms with E-state index in [0.29, 0.717) is 45.3 Å². The number of unbranched alkanes of at least 4 members (excludes halogenated alkanes) is 1. The fourth-order valence-electron chi connectivity index (χ4n) is 3.32. The second-order valence-electron chi connectivity index (χ2n) is 6.30. The van der Waals surface area contributed by atoms with E-state index < -0.39 is 30.4 Å². The van der Waals surface area contributed by atoms with Crippen molar-refractivity contribution in [2.24, 2.45) is 5.73 Å². The van der Waals surface area contributed by atoms with Crippen LogP contribution in [0, 0.1) is 0 Å². The van der Waals surface area contributed by atoms with Gasteiger partial charge in [-0.25, -0.2) is 14.8 Å². The highest BCUT2D eigenvalue weighted by Crippen LogP contribution is 2.25. The molecule has 142 valence electrons. The second-order valence-corrected chi connectivity index (χ2v) is 6.30. The molecule has 2 rings (SSSR count). The van der Waals surface area contributed by atoms with E-state index in [-0.39, 0.29) is 5.91 Å². The molecule has 10 nitrogen and oxygen atoms in total. The van der Waals surface area contributed by atoms with Crippen molar-refractivity contribution in [3.8, 4) is 0 Å². The lowest BCUT2D eigenvalue weighted by molar-refractivity contribution is -0.202. The van der Waals surface area contributed by atoms with Crippen molar-refractivity contribution in [2.75, 3.05) is 19.6 Å². The molecule has 0 aromatic rings. The molecule has 2 aliphatic rings. The van der Waals surface area contributed by atoms with Crippen LogP contribution in [0.25, 0.3) is 0 Å². The summed E-state index contributed by atoms with van der Waals surface area (Å²) in [5.41, 5.74) is 5.43. The lowest BCUT2D eigenvalue weighted by Gasteiger charge is -2.47. The maximum atomic E-state index is 12.8. The summed E-state index contributed by atoms with van der Waals surface area (Å²) in [4.78, 5) is 35.1. The highest BCUT2D eigenvalue weighted by molar-refractivity contribution is 5.84. The maximum Gasteiger partial charge on any atom is 0.507 e. The summed E-state index contributed by atoms with van der Waals surface area (Å²) >= 11 is 0. The van der Waals surface area contributed by atoms with Crippen molar-refractivity contribution in [2.45, 2.75) is 56.8 Å². The van der Waals surface area contributed by atoms with Crippen LogP contribution in [-0.2, 0) is 14.3 Å². The Balaban J connectivity index is 2.03. The highest BCUT2D eigenvalue weighted by atomic mass is 16.7. The van der Waals surface area contributed by atoms with Gasteiger partial charge in [0.25, 0.3) is 5.91 Å². The highest BCUT2D eigenvalue weighted by Gasteiger charge is 2.42. The van der Waals surface area contributed by atoms with E-state index in [1.807, 2.05) is 0 Å². The fourth-order valence-corrected chi connectivity index (χ4v) is 3.32. The number of nitrogens with one attached hydrogen (secondary N) is 1. The zero-order chi connectivity index (χ0) is 18.4. The van der Waals surface area contributed by atoms with Crippen molar-refractivity contribution in [3.63, 3.8) is 0 Å². The smallest absolute Gasteiger partial charge is 0.480 e. The standard InChI is InChI=1S/C15H26N4O6/c16-7-2-1-4-11(14(21)22)17-10-6-9-18-8-3-5-12(25-15(23)24)19(18)13(10)20/h10-12,17H,1-9,16H2,(H,21,22)(H,23,24). The molecule has 0 aromatic heterocycles. The van der Waals surface area contributed by atoms with Gasteiger partial charge in [0.1, 0.15) is 6.04 Å². The number of carbonyl (C=O) groups excluding carboxylic acids is 1. The van der Waals surface area contributed by atoms with E-state index in [2.05, 4.69) is 5.32 Å². The molecule has 5 N–H and O–H groups in total. The Labute approximate surface area is 145 Å². The minimum Gasteiger partial charge on any atom is -0.480 e. The Morgan fingerprint density at radius 3 is 2.68 bits per heavy atom. The predicted molar refractivity (Wildman–Crippen MR) is 86.4 cm³/mol. The molecule has 0 radical (unpaired) electrons. The molecule has 0 aromatic carbocycles. The molecule has 2 heterocycles. The maximum absolute atomic E-state index is 12.8. The molecule has 2 saturated heterocycles. The minimum atomic E-state index is -1.43. The van der Waals surface area contributed by atoms with E-state index in [1.54, 1.807) is 5.01 Å². The zero-order valence-corrected chi connectivity index (χ0v) is 14.1. The Hall–Kier alpha value is -1.91. The number of amides is 1. The van der Waals surface area contributed by atoms with Crippen LogP contribution < -0.4 is 11.1 Å². The van der Waals surface area contributed by atoms with Gasteiger partial charge in [-0.2, -0.15) is 0 Å². The zero-order valence-electron chi connectivity index (χ0n) is 14.1. The van der Waals surface area contributed by atoms with Crippen LogP contribution in [0.2, 0.25) is 0 Å². The predicted octanol–water partition coefficient (Wildman–Crippen LogP) is -0.209. The topological polar surface area (TPSA) is 145 Å². The number of carbonyl (C=O) groups is 3. The molecule has 2 aliphatic heterocycles. The first-order valence-electron chi connectivity index (χ1n) is 8.60. The first kappa shape index (κ1) is 19.4. The van der Waals surface area contributed by atoms with Crippen molar-refractivity contribution < 1.29 is 29.3 Å². The molecule has 0 aliphatic carbocycles. The van der Waals surface area contributed by atoms with Crippen LogP contribution in [0.4, 0.5) is 4.79 Å². The van der Waals surface area contributed by atoms with Gasteiger partial charge in [-0.15, -0.1) is 0 Å². The molecule has 0 bridgehead atoms. The monoisotopic (exact) mass is 358 g/mol. The van der Waals surface area contributed by atoms with E-state index >= 15 is 0 Å². The third-order valence-electron chi connectivity index (χ3n) is 4.53. The number of hydrazine groups is 1.